The summed E-state index contributed by atoms with van der Waals surface area (Å²) in [5.41, 5.74) is 6.05. The van der Waals surface area contributed by atoms with Gasteiger partial charge >= 0.3 is 0 Å². The fraction of sp³-hybridized carbons (Fsp3) is 0.353. The molecule has 1 amide bonds. The first-order chi connectivity index (χ1) is 20.2. The molecule has 1 unspecified atom stereocenters. The standard InChI is InChI=1S/C34H39N3O5/c1-20(2)14-16-42-27-12-9-24(19-28(27)41-6)32-29-30(26-18-21(3)17-22(4)33(26)38)35-36-31(29)34(39)37(32)15-13-23-7-10-25(40-5)11-8-23/h7-12,17-20,32,38H,13-16H2,1-6H3,(H,35,36). The Kier molecular flexibility index (Phi) is 8.43. The van der Waals surface area contributed by atoms with E-state index in [0.717, 1.165) is 40.0 Å². The van der Waals surface area contributed by atoms with Crippen LogP contribution in [-0.4, -0.2) is 53.5 Å². The molecule has 0 radical (unpaired) electrons. The van der Waals surface area contributed by atoms with Crippen molar-refractivity contribution in [1.82, 2.24) is 15.1 Å². The van der Waals surface area contributed by atoms with Crippen LogP contribution in [-0.2, 0) is 6.42 Å². The minimum Gasteiger partial charge on any atom is -0.507 e. The van der Waals surface area contributed by atoms with Crippen LogP contribution in [0.4, 0.5) is 0 Å². The molecule has 0 saturated heterocycles. The van der Waals surface area contributed by atoms with Crippen LogP contribution in [0.15, 0.2) is 54.6 Å². The first-order valence-electron chi connectivity index (χ1n) is 14.3. The smallest absolute Gasteiger partial charge is 0.273 e. The molecule has 1 aromatic heterocycles. The van der Waals surface area contributed by atoms with Gasteiger partial charge in [-0.05, 0) is 85.2 Å². The van der Waals surface area contributed by atoms with Gasteiger partial charge in [-0.2, -0.15) is 5.10 Å². The summed E-state index contributed by atoms with van der Waals surface area (Å²) in [5.74, 6) is 2.60. The predicted molar refractivity (Wildman–Crippen MR) is 163 cm³/mol. The maximum atomic E-state index is 13.9. The molecule has 4 aromatic rings. The van der Waals surface area contributed by atoms with Crippen molar-refractivity contribution >= 4 is 5.91 Å². The fourth-order valence-electron chi connectivity index (χ4n) is 5.54. The van der Waals surface area contributed by atoms with Crippen molar-refractivity contribution in [3.63, 3.8) is 0 Å². The van der Waals surface area contributed by atoms with Crippen molar-refractivity contribution < 1.29 is 24.1 Å². The third kappa shape index (κ3) is 5.66. The zero-order valence-corrected chi connectivity index (χ0v) is 25.2. The number of phenolic OH excluding ortho intramolecular Hbond substituents is 1. The van der Waals surface area contributed by atoms with E-state index in [1.165, 1.54) is 0 Å². The number of nitrogens with zero attached hydrogens (tertiary/aromatic N) is 2. The van der Waals surface area contributed by atoms with E-state index in [1.807, 2.05) is 73.3 Å². The highest BCUT2D eigenvalue weighted by Gasteiger charge is 2.42. The van der Waals surface area contributed by atoms with Gasteiger partial charge in [0.1, 0.15) is 22.9 Å². The van der Waals surface area contributed by atoms with E-state index >= 15 is 0 Å². The third-order valence-electron chi connectivity index (χ3n) is 7.82. The molecule has 5 rings (SSSR count). The summed E-state index contributed by atoms with van der Waals surface area (Å²) in [6.45, 7) is 9.24. The topological polar surface area (TPSA) is 96.9 Å². The Balaban J connectivity index is 1.57. The van der Waals surface area contributed by atoms with E-state index in [2.05, 4.69) is 24.0 Å². The maximum Gasteiger partial charge on any atom is 0.273 e. The van der Waals surface area contributed by atoms with Gasteiger partial charge in [0, 0.05) is 17.7 Å². The Labute approximate surface area is 247 Å². The molecule has 1 aliphatic heterocycles. The monoisotopic (exact) mass is 569 g/mol. The number of aryl methyl sites for hydroxylation is 2. The number of benzene rings is 3. The number of phenols is 1. The van der Waals surface area contributed by atoms with Crippen LogP contribution in [0.25, 0.3) is 11.3 Å². The quantitative estimate of drug-likeness (QED) is 0.211. The minimum atomic E-state index is -0.446. The molecule has 0 aliphatic carbocycles. The SMILES string of the molecule is COc1ccc(CCN2C(=O)c3[nH]nc(-c4cc(C)cc(C)c4O)c3C2c2ccc(OCCC(C)C)c(OC)c2)cc1. The fourth-order valence-corrected chi connectivity index (χ4v) is 5.54. The number of fused-ring (bicyclic) bond motifs is 1. The van der Waals surface area contributed by atoms with Crippen LogP contribution in [0.2, 0.25) is 0 Å². The Hall–Kier alpha value is -4.46. The van der Waals surface area contributed by atoms with Crippen LogP contribution in [0, 0.1) is 19.8 Å². The van der Waals surface area contributed by atoms with Gasteiger partial charge in [0.2, 0.25) is 0 Å². The first kappa shape index (κ1) is 29.0. The van der Waals surface area contributed by atoms with Gasteiger partial charge in [-0.3, -0.25) is 9.89 Å². The van der Waals surface area contributed by atoms with E-state index in [4.69, 9.17) is 14.2 Å². The van der Waals surface area contributed by atoms with Crippen molar-refractivity contribution in [2.24, 2.45) is 5.92 Å². The molecule has 1 atom stereocenters. The lowest BCUT2D eigenvalue weighted by atomic mass is 9.93. The largest absolute Gasteiger partial charge is 0.507 e. The second-order valence-corrected chi connectivity index (χ2v) is 11.3. The Bertz CT molecular complexity index is 1580. The summed E-state index contributed by atoms with van der Waals surface area (Å²) in [6, 6.07) is 17.1. The molecule has 8 heteroatoms. The molecule has 220 valence electrons. The summed E-state index contributed by atoms with van der Waals surface area (Å²) in [7, 11) is 3.27. The molecule has 0 fully saturated rings. The molecule has 0 bridgehead atoms. The summed E-state index contributed by atoms with van der Waals surface area (Å²) in [6.07, 6.45) is 1.59. The van der Waals surface area contributed by atoms with Gasteiger partial charge < -0.3 is 24.2 Å². The lowest BCUT2D eigenvalue weighted by Gasteiger charge is -2.27. The van der Waals surface area contributed by atoms with Gasteiger partial charge in [-0.25, -0.2) is 0 Å². The molecule has 0 spiro atoms. The molecule has 42 heavy (non-hydrogen) atoms. The zero-order valence-electron chi connectivity index (χ0n) is 25.2. The molecule has 2 heterocycles. The number of amides is 1. The number of ether oxygens (including phenoxy) is 3. The van der Waals surface area contributed by atoms with Crippen molar-refractivity contribution in [2.45, 2.75) is 46.6 Å². The van der Waals surface area contributed by atoms with E-state index in [9.17, 15) is 9.90 Å². The van der Waals surface area contributed by atoms with Crippen molar-refractivity contribution in [2.75, 3.05) is 27.4 Å². The van der Waals surface area contributed by atoms with Crippen LogP contribution in [0.5, 0.6) is 23.0 Å². The highest BCUT2D eigenvalue weighted by molar-refractivity contribution is 6.00. The van der Waals surface area contributed by atoms with Crippen molar-refractivity contribution in [1.29, 1.82) is 0 Å². The minimum absolute atomic E-state index is 0.137. The summed E-state index contributed by atoms with van der Waals surface area (Å²) in [5, 5.41) is 18.6. The average Bonchev–Trinajstić information content (AvgIpc) is 3.52. The van der Waals surface area contributed by atoms with E-state index in [0.29, 0.717) is 53.9 Å². The van der Waals surface area contributed by atoms with Crippen LogP contribution >= 0.6 is 0 Å². The number of aromatic amines is 1. The predicted octanol–water partition coefficient (Wildman–Crippen LogP) is 6.63. The van der Waals surface area contributed by atoms with Gasteiger partial charge in [0.25, 0.3) is 5.91 Å². The molecular formula is C34H39N3O5. The Morgan fingerprint density at radius 1 is 1.00 bits per heavy atom. The van der Waals surface area contributed by atoms with E-state index in [1.54, 1.807) is 14.2 Å². The number of aromatic hydroxyl groups is 1. The number of aromatic nitrogens is 2. The average molecular weight is 570 g/mol. The molecule has 0 saturated carbocycles. The molecule has 1 aliphatic rings. The van der Waals surface area contributed by atoms with Crippen LogP contribution < -0.4 is 14.2 Å². The third-order valence-corrected chi connectivity index (χ3v) is 7.82. The highest BCUT2D eigenvalue weighted by atomic mass is 16.5. The number of hydrogen-bond donors (Lipinski definition) is 2. The van der Waals surface area contributed by atoms with Crippen LogP contribution in [0.1, 0.15) is 64.6 Å². The summed E-state index contributed by atoms with van der Waals surface area (Å²) < 4.78 is 17.1. The first-order valence-corrected chi connectivity index (χ1v) is 14.3. The highest BCUT2D eigenvalue weighted by Crippen LogP contribution is 2.46. The van der Waals surface area contributed by atoms with Gasteiger partial charge in [0.05, 0.1) is 26.9 Å². The second kappa shape index (κ2) is 12.2. The van der Waals surface area contributed by atoms with E-state index in [-0.39, 0.29) is 11.7 Å². The number of H-pyrrole nitrogens is 1. The molecular weight excluding hydrogens is 530 g/mol. The van der Waals surface area contributed by atoms with Crippen molar-refractivity contribution in [3.05, 3.63) is 88.1 Å². The molecule has 3 aromatic carbocycles. The molecule has 8 nitrogen and oxygen atoms in total. The maximum absolute atomic E-state index is 13.9. The number of carbonyl (C=O) groups is 1. The summed E-state index contributed by atoms with van der Waals surface area (Å²) in [4.78, 5) is 15.8. The van der Waals surface area contributed by atoms with Gasteiger partial charge in [0.15, 0.2) is 11.5 Å². The molecule has 2 N–H and O–H groups in total. The van der Waals surface area contributed by atoms with E-state index < -0.39 is 6.04 Å². The second-order valence-electron chi connectivity index (χ2n) is 11.3. The summed E-state index contributed by atoms with van der Waals surface area (Å²) >= 11 is 0. The lowest BCUT2D eigenvalue weighted by molar-refractivity contribution is 0.0745. The number of rotatable bonds is 11. The van der Waals surface area contributed by atoms with Gasteiger partial charge in [-0.1, -0.05) is 38.1 Å². The number of hydrogen-bond acceptors (Lipinski definition) is 6. The number of methoxy groups -OCH3 is 2. The lowest BCUT2D eigenvalue weighted by Crippen LogP contribution is -2.31. The zero-order chi connectivity index (χ0) is 30.0. The van der Waals surface area contributed by atoms with Crippen LogP contribution in [0.3, 0.4) is 0 Å². The van der Waals surface area contributed by atoms with Gasteiger partial charge in [-0.15, -0.1) is 0 Å². The number of carbonyl (C=O) groups excluding carboxylic acids is 1. The Morgan fingerprint density at radius 3 is 2.45 bits per heavy atom. The van der Waals surface area contributed by atoms with Crippen molar-refractivity contribution in [3.8, 4) is 34.3 Å². The number of nitrogens with one attached hydrogen (secondary N) is 1. The normalized spacial score (nSPS) is 14.4. The Morgan fingerprint density at radius 2 is 1.76 bits per heavy atom.